The van der Waals surface area contributed by atoms with E-state index in [9.17, 15) is 0 Å². The van der Waals surface area contributed by atoms with Gasteiger partial charge in [0.2, 0.25) is 0 Å². The second-order valence-electron chi connectivity index (χ2n) is 3.62. The van der Waals surface area contributed by atoms with Crippen molar-refractivity contribution in [3.8, 4) is 0 Å². The van der Waals surface area contributed by atoms with Gasteiger partial charge in [-0.25, -0.2) is 0 Å². The van der Waals surface area contributed by atoms with Crippen LogP contribution < -0.4 is 0 Å². The zero-order valence-corrected chi connectivity index (χ0v) is 8.79. The summed E-state index contributed by atoms with van der Waals surface area (Å²) >= 11 is 4.76. The van der Waals surface area contributed by atoms with Crippen molar-refractivity contribution < 1.29 is 0 Å². The first-order valence-electron chi connectivity index (χ1n) is 4.18. The zero-order chi connectivity index (χ0) is 8.91. The maximum Gasteiger partial charge on any atom is 0.136 e. The van der Waals surface area contributed by atoms with E-state index in [1.54, 1.807) is 0 Å². The highest BCUT2D eigenvalue weighted by Gasteiger charge is 2.17. The SMILES string of the molecule is CCN([C]=S)CC(C)(C)CC. The molecular weight excluding hydrogens is 154 g/mol. The van der Waals surface area contributed by atoms with Crippen molar-refractivity contribution in [2.45, 2.75) is 34.1 Å². The average molecular weight is 172 g/mol. The van der Waals surface area contributed by atoms with Crippen molar-refractivity contribution in [3.63, 3.8) is 0 Å². The molecule has 1 nitrogen and oxygen atoms in total. The molecule has 1 radical (unpaired) electrons. The predicted octanol–water partition coefficient (Wildman–Crippen LogP) is 2.58. The Labute approximate surface area is 75.8 Å². The van der Waals surface area contributed by atoms with Gasteiger partial charge in [0.15, 0.2) is 0 Å². The molecule has 0 bridgehead atoms. The quantitative estimate of drug-likeness (QED) is 0.463. The van der Waals surface area contributed by atoms with Gasteiger partial charge in [0.1, 0.15) is 5.49 Å². The Balaban J connectivity index is 3.88. The Morgan fingerprint density at radius 2 is 1.91 bits per heavy atom. The van der Waals surface area contributed by atoms with Gasteiger partial charge in [-0.1, -0.05) is 33.0 Å². The third kappa shape index (κ3) is 4.35. The van der Waals surface area contributed by atoms with Crippen LogP contribution in [-0.2, 0) is 0 Å². The van der Waals surface area contributed by atoms with Crippen LogP contribution in [-0.4, -0.2) is 23.5 Å². The lowest BCUT2D eigenvalue weighted by atomic mass is 9.90. The second kappa shape index (κ2) is 4.70. The monoisotopic (exact) mass is 172 g/mol. The Bertz CT molecular complexity index is 121. The van der Waals surface area contributed by atoms with Crippen LogP contribution in [0.3, 0.4) is 0 Å². The fourth-order valence-electron chi connectivity index (χ4n) is 0.837. The van der Waals surface area contributed by atoms with E-state index in [1.165, 1.54) is 6.42 Å². The van der Waals surface area contributed by atoms with E-state index < -0.39 is 0 Å². The molecule has 0 aromatic carbocycles. The molecule has 0 N–H and O–H groups in total. The van der Waals surface area contributed by atoms with Crippen LogP contribution in [0.5, 0.6) is 0 Å². The van der Waals surface area contributed by atoms with E-state index in [4.69, 9.17) is 12.2 Å². The summed E-state index contributed by atoms with van der Waals surface area (Å²) in [6.45, 7) is 10.8. The molecule has 0 aliphatic carbocycles. The highest BCUT2D eigenvalue weighted by molar-refractivity contribution is 7.78. The minimum atomic E-state index is 0.363. The molecule has 0 aromatic rings. The van der Waals surface area contributed by atoms with Gasteiger partial charge in [0.25, 0.3) is 0 Å². The third-order valence-electron chi connectivity index (χ3n) is 2.09. The summed E-state index contributed by atoms with van der Waals surface area (Å²) in [5.74, 6) is 0. The van der Waals surface area contributed by atoms with Crippen LogP contribution in [0.2, 0.25) is 0 Å². The van der Waals surface area contributed by atoms with Crippen LogP contribution in [0.15, 0.2) is 0 Å². The molecule has 0 heterocycles. The van der Waals surface area contributed by atoms with Crippen molar-refractivity contribution >= 4 is 17.7 Å². The van der Waals surface area contributed by atoms with Crippen LogP contribution >= 0.6 is 12.2 Å². The smallest absolute Gasteiger partial charge is 0.136 e. The normalized spacial score (nSPS) is 11.3. The zero-order valence-electron chi connectivity index (χ0n) is 7.98. The first-order valence-corrected chi connectivity index (χ1v) is 4.59. The number of hydrogen-bond acceptors (Lipinski definition) is 1. The van der Waals surface area contributed by atoms with E-state index in [1.807, 2.05) is 0 Å². The summed E-state index contributed by atoms with van der Waals surface area (Å²) in [7, 11) is 0. The average Bonchev–Trinajstić information content (AvgIpc) is 2.00. The van der Waals surface area contributed by atoms with Gasteiger partial charge in [-0.3, -0.25) is 0 Å². The minimum Gasteiger partial charge on any atom is -0.360 e. The highest BCUT2D eigenvalue weighted by Crippen LogP contribution is 2.20. The minimum absolute atomic E-state index is 0.363. The summed E-state index contributed by atoms with van der Waals surface area (Å²) < 4.78 is 0. The predicted molar refractivity (Wildman–Crippen MR) is 53.9 cm³/mol. The van der Waals surface area contributed by atoms with E-state index in [2.05, 4.69) is 38.1 Å². The number of nitrogens with zero attached hydrogens (tertiary/aromatic N) is 1. The topological polar surface area (TPSA) is 3.24 Å². The van der Waals surface area contributed by atoms with Crippen molar-refractivity contribution in [3.05, 3.63) is 0 Å². The van der Waals surface area contributed by atoms with Crippen molar-refractivity contribution in [1.82, 2.24) is 4.90 Å². The number of rotatable bonds is 5. The van der Waals surface area contributed by atoms with Gasteiger partial charge >= 0.3 is 0 Å². The molecular formula is C9H18NS. The Kier molecular flexibility index (Phi) is 4.66. The summed E-state index contributed by atoms with van der Waals surface area (Å²) in [6, 6.07) is 0. The summed E-state index contributed by atoms with van der Waals surface area (Å²) in [6.07, 6.45) is 1.18. The molecule has 0 saturated carbocycles. The Hall–Kier alpha value is -0.110. The standard InChI is InChI=1S/C9H18NS/c1-5-9(3,4)7-10(6-2)8-11/h5-7H2,1-4H3. The van der Waals surface area contributed by atoms with Crippen LogP contribution in [0, 0.1) is 5.41 Å². The molecule has 0 amide bonds. The van der Waals surface area contributed by atoms with Crippen LogP contribution in [0.25, 0.3) is 0 Å². The molecule has 0 spiro atoms. The van der Waals surface area contributed by atoms with Gasteiger partial charge in [-0.2, -0.15) is 0 Å². The van der Waals surface area contributed by atoms with Crippen molar-refractivity contribution in [1.29, 1.82) is 0 Å². The maximum atomic E-state index is 4.76. The molecule has 0 fully saturated rings. The number of thiocarbonyl (C=S) groups is 1. The van der Waals surface area contributed by atoms with Crippen molar-refractivity contribution in [2.24, 2.45) is 5.41 Å². The van der Waals surface area contributed by atoms with Crippen molar-refractivity contribution in [2.75, 3.05) is 13.1 Å². The third-order valence-corrected chi connectivity index (χ3v) is 2.35. The summed E-state index contributed by atoms with van der Waals surface area (Å²) in [5.41, 5.74) is 3.12. The second-order valence-corrected chi connectivity index (χ2v) is 3.81. The first-order chi connectivity index (χ1) is 5.05. The lowest BCUT2D eigenvalue weighted by molar-refractivity contribution is 0.257. The molecule has 11 heavy (non-hydrogen) atoms. The maximum absolute atomic E-state index is 4.76. The van der Waals surface area contributed by atoms with E-state index >= 15 is 0 Å². The Morgan fingerprint density at radius 3 is 2.18 bits per heavy atom. The van der Waals surface area contributed by atoms with E-state index in [0.29, 0.717) is 5.41 Å². The molecule has 0 atom stereocenters. The molecule has 2 heteroatoms. The van der Waals surface area contributed by atoms with Crippen LogP contribution in [0.1, 0.15) is 34.1 Å². The first kappa shape index (κ1) is 10.9. The number of hydrogen-bond donors (Lipinski definition) is 0. The van der Waals surface area contributed by atoms with Crippen LogP contribution in [0.4, 0.5) is 0 Å². The largest absolute Gasteiger partial charge is 0.360 e. The van der Waals surface area contributed by atoms with Gasteiger partial charge in [0, 0.05) is 13.1 Å². The fourth-order valence-corrected chi connectivity index (χ4v) is 1.03. The molecule has 0 aliphatic rings. The lowest BCUT2D eigenvalue weighted by Gasteiger charge is -2.28. The highest BCUT2D eigenvalue weighted by atomic mass is 32.1. The van der Waals surface area contributed by atoms with Gasteiger partial charge in [0.05, 0.1) is 0 Å². The van der Waals surface area contributed by atoms with E-state index in [0.717, 1.165) is 13.1 Å². The molecule has 0 aliphatic heterocycles. The molecule has 0 rings (SSSR count). The van der Waals surface area contributed by atoms with Gasteiger partial charge in [-0.05, 0) is 18.8 Å². The van der Waals surface area contributed by atoms with E-state index in [-0.39, 0.29) is 0 Å². The Morgan fingerprint density at radius 1 is 1.36 bits per heavy atom. The lowest BCUT2D eigenvalue weighted by Crippen LogP contribution is -2.32. The fraction of sp³-hybridized carbons (Fsp3) is 0.889. The molecule has 0 saturated heterocycles. The summed E-state index contributed by atoms with van der Waals surface area (Å²) in [4.78, 5) is 2.05. The summed E-state index contributed by atoms with van der Waals surface area (Å²) in [5, 5.41) is 0. The molecule has 0 unspecified atom stereocenters. The molecule has 65 valence electrons. The molecule has 0 aromatic heterocycles. The van der Waals surface area contributed by atoms with Gasteiger partial charge in [-0.15, -0.1) is 0 Å². The van der Waals surface area contributed by atoms with Gasteiger partial charge < -0.3 is 4.90 Å².